The molecule has 0 unspecified atom stereocenters. The van der Waals surface area contributed by atoms with Crippen molar-refractivity contribution < 1.29 is 13.9 Å². The fourth-order valence-electron chi connectivity index (χ4n) is 2.47. The number of ether oxygens (including phenoxy) is 1. The maximum Gasteiger partial charge on any atom is 0.256 e. The summed E-state index contributed by atoms with van der Waals surface area (Å²) in [5, 5.41) is 2.75. The van der Waals surface area contributed by atoms with E-state index in [9.17, 15) is 9.18 Å². The first-order valence-electron chi connectivity index (χ1n) is 6.44. The highest BCUT2D eigenvalue weighted by molar-refractivity contribution is 5.99. The first-order valence-corrected chi connectivity index (χ1v) is 6.44. The lowest BCUT2D eigenvalue weighted by Gasteiger charge is -2.35. The van der Waals surface area contributed by atoms with Gasteiger partial charge in [-0.05, 0) is 26.0 Å². The van der Waals surface area contributed by atoms with Gasteiger partial charge in [-0.3, -0.25) is 4.79 Å². The molecule has 2 atom stereocenters. The van der Waals surface area contributed by atoms with Gasteiger partial charge < -0.3 is 15.0 Å². The zero-order chi connectivity index (χ0) is 14.0. The average Bonchev–Trinajstić information content (AvgIpc) is 2.36. The van der Waals surface area contributed by atoms with E-state index in [1.807, 2.05) is 13.8 Å². The number of halogens is 1. The Morgan fingerprint density at radius 2 is 2.00 bits per heavy atom. The summed E-state index contributed by atoms with van der Waals surface area (Å²) in [6, 6.07) is 4.53. The summed E-state index contributed by atoms with van der Waals surface area (Å²) in [5.74, 6) is -0.575. The topological polar surface area (TPSA) is 41.6 Å². The highest BCUT2D eigenvalue weighted by atomic mass is 19.1. The molecule has 5 heteroatoms. The van der Waals surface area contributed by atoms with Crippen molar-refractivity contribution in [3.05, 3.63) is 29.6 Å². The molecule has 19 heavy (non-hydrogen) atoms. The molecule has 1 saturated heterocycles. The van der Waals surface area contributed by atoms with Crippen molar-refractivity contribution >= 4 is 11.6 Å². The fraction of sp³-hybridized carbons (Fsp3) is 0.500. The number of amides is 1. The molecule has 1 fully saturated rings. The van der Waals surface area contributed by atoms with Crippen LogP contribution in [0, 0.1) is 5.82 Å². The molecule has 0 bridgehead atoms. The summed E-state index contributed by atoms with van der Waals surface area (Å²) in [5.41, 5.74) is 0.614. The van der Waals surface area contributed by atoms with Gasteiger partial charge in [-0.25, -0.2) is 4.39 Å². The molecule has 0 saturated carbocycles. The summed E-state index contributed by atoms with van der Waals surface area (Å²) < 4.78 is 19.3. The first-order chi connectivity index (χ1) is 9.02. The minimum absolute atomic E-state index is 0.000653. The molecular formula is C14H19FN2O2. The van der Waals surface area contributed by atoms with Gasteiger partial charge in [0, 0.05) is 20.1 Å². The number of rotatable bonds is 2. The molecule has 1 aliphatic rings. The third-order valence-electron chi connectivity index (χ3n) is 3.20. The lowest BCUT2D eigenvalue weighted by atomic mass is 10.1. The van der Waals surface area contributed by atoms with Crippen LogP contribution in [0.1, 0.15) is 24.2 Å². The Morgan fingerprint density at radius 1 is 1.37 bits per heavy atom. The molecule has 2 rings (SSSR count). The smallest absolute Gasteiger partial charge is 0.256 e. The van der Waals surface area contributed by atoms with Gasteiger partial charge in [0.1, 0.15) is 5.82 Å². The van der Waals surface area contributed by atoms with Crippen LogP contribution in [0.25, 0.3) is 0 Å². The van der Waals surface area contributed by atoms with Gasteiger partial charge in [-0.15, -0.1) is 0 Å². The number of nitrogens with zero attached hydrogens (tertiary/aromatic N) is 1. The summed E-state index contributed by atoms with van der Waals surface area (Å²) >= 11 is 0. The Bertz CT molecular complexity index is 469. The Balaban J connectivity index is 2.26. The number of carbonyl (C=O) groups excluding carboxylic acids is 1. The van der Waals surface area contributed by atoms with Crippen molar-refractivity contribution in [1.82, 2.24) is 4.90 Å². The van der Waals surface area contributed by atoms with Crippen LogP contribution in [-0.4, -0.2) is 43.2 Å². The lowest BCUT2D eigenvalue weighted by Crippen LogP contribution is -2.48. The van der Waals surface area contributed by atoms with Crippen molar-refractivity contribution in [1.29, 1.82) is 0 Å². The lowest BCUT2D eigenvalue weighted by molar-refractivity contribution is -0.0586. The Labute approximate surface area is 112 Å². The van der Waals surface area contributed by atoms with Gasteiger partial charge in [0.25, 0.3) is 5.91 Å². The van der Waals surface area contributed by atoms with Gasteiger partial charge in [-0.2, -0.15) is 0 Å². The fourth-order valence-corrected chi connectivity index (χ4v) is 2.47. The third-order valence-corrected chi connectivity index (χ3v) is 3.20. The second kappa shape index (κ2) is 5.57. The number of carbonyl (C=O) groups is 1. The van der Waals surface area contributed by atoms with Crippen molar-refractivity contribution in [3.8, 4) is 0 Å². The number of nitrogens with one attached hydrogen (secondary N) is 1. The molecule has 1 aromatic rings. The summed E-state index contributed by atoms with van der Waals surface area (Å²) in [4.78, 5) is 14.2. The van der Waals surface area contributed by atoms with Crippen molar-refractivity contribution in [3.63, 3.8) is 0 Å². The van der Waals surface area contributed by atoms with Crippen molar-refractivity contribution in [2.45, 2.75) is 26.1 Å². The Hall–Kier alpha value is -1.62. The Kier molecular flexibility index (Phi) is 4.04. The predicted octanol–water partition coefficient (Wildman–Crippen LogP) is 2.12. The van der Waals surface area contributed by atoms with Crippen LogP contribution in [-0.2, 0) is 4.74 Å². The van der Waals surface area contributed by atoms with Crippen LogP contribution in [0.15, 0.2) is 18.2 Å². The van der Waals surface area contributed by atoms with Crippen LogP contribution in [0.3, 0.4) is 0 Å². The summed E-state index contributed by atoms with van der Waals surface area (Å²) in [7, 11) is 1.61. The van der Waals surface area contributed by atoms with E-state index < -0.39 is 5.82 Å². The molecule has 0 spiro atoms. The number of hydrogen-bond acceptors (Lipinski definition) is 3. The molecule has 1 amide bonds. The molecule has 4 nitrogen and oxygen atoms in total. The van der Waals surface area contributed by atoms with Gasteiger partial charge in [-0.1, -0.05) is 6.07 Å². The van der Waals surface area contributed by atoms with Gasteiger partial charge >= 0.3 is 0 Å². The maximum absolute atomic E-state index is 13.7. The monoisotopic (exact) mass is 266 g/mol. The number of morpholine rings is 1. The second-order valence-corrected chi connectivity index (χ2v) is 4.88. The zero-order valence-corrected chi connectivity index (χ0v) is 11.4. The van der Waals surface area contributed by atoms with Crippen LogP contribution in [0.5, 0.6) is 0 Å². The summed E-state index contributed by atoms with van der Waals surface area (Å²) in [6.07, 6.45) is -0.00131. The number of anilines is 1. The standard InChI is InChI=1S/C14H19FN2O2/c1-9-7-17(8-10(2)19-9)14(18)11-5-4-6-12(15)13(11)16-3/h4-6,9-10,16H,7-8H2,1-3H3/t9-,10+. The molecule has 1 N–H and O–H groups in total. The molecule has 1 aromatic carbocycles. The van der Waals surface area contributed by atoms with E-state index in [2.05, 4.69) is 5.32 Å². The summed E-state index contributed by atoms with van der Waals surface area (Å²) in [6.45, 7) is 4.92. The second-order valence-electron chi connectivity index (χ2n) is 4.88. The number of para-hydroxylation sites is 1. The van der Waals surface area contributed by atoms with Gasteiger partial charge in [0.2, 0.25) is 0 Å². The Morgan fingerprint density at radius 3 is 2.58 bits per heavy atom. The molecule has 1 aliphatic heterocycles. The van der Waals surface area contributed by atoms with Crippen LogP contribution in [0.2, 0.25) is 0 Å². The molecule has 0 aromatic heterocycles. The highest BCUT2D eigenvalue weighted by Gasteiger charge is 2.28. The predicted molar refractivity (Wildman–Crippen MR) is 71.9 cm³/mol. The van der Waals surface area contributed by atoms with Crippen molar-refractivity contribution in [2.75, 3.05) is 25.5 Å². The van der Waals surface area contributed by atoms with Crippen LogP contribution < -0.4 is 5.32 Å². The molecular weight excluding hydrogens is 247 g/mol. The van der Waals surface area contributed by atoms with Gasteiger partial charge in [0.05, 0.1) is 23.5 Å². The highest BCUT2D eigenvalue weighted by Crippen LogP contribution is 2.22. The molecule has 104 valence electrons. The minimum Gasteiger partial charge on any atom is -0.385 e. The van der Waals surface area contributed by atoms with E-state index in [4.69, 9.17) is 4.74 Å². The van der Waals surface area contributed by atoms with Crippen LogP contribution in [0.4, 0.5) is 10.1 Å². The van der Waals surface area contributed by atoms with Crippen LogP contribution >= 0.6 is 0 Å². The normalized spacial score (nSPS) is 23.3. The molecule has 1 heterocycles. The first kappa shape index (κ1) is 13.8. The maximum atomic E-state index is 13.7. The molecule has 0 radical (unpaired) electrons. The molecule has 0 aliphatic carbocycles. The van der Waals surface area contributed by atoms with Gasteiger partial charge in [0.15, 0.2) is 0 Å². The van der Waals surface area contributed by atoms with Crippen molar-refractivity contribution in [2.24, 2.45) is 0 Å². The average molecular weight is 266 g/mol. The third kappa shape index (κ3) is 2.87. The van der Waals surface area contributed by atoms with E-state index >= 15 is 0 Å². The van der Waals surface area contributed by atoms with E-state index in [-0.39, 0.29) is 23.8 Å². The largest absolute Gasteiger partial charge is 0.385 e. The zero-order valence-electron chi connectivity index (χ0n) is 11.4. The van der Waals surface area contributed by atoms with E-state index in [0.29, 0.717) is 18.7 Å². The van der Waals surface area contributed by atoms with E-state index in [0.717, 1.165) is 0 Å². The minimum atomic E-state index is -0.414. The number of benzene rings is 1. The SMILES string of the molecule is CNc1c(F)cccc1C(=O)N1C[C@@H](C)O[C@@H](C)C1. The van der Waals surface area contributed by atoms with E-state index in [1.54, 1.807) is 24.1 Å². The number of hydrogen-bond donors (Lipinski definition) is 1. The quantitative estimate of drug-likeness (QED) is 0.891. The van der Waals surface area contributed by atoms with E-state index in [1.165, 1.54) is 6.07 Å².